The minimum atomic E-state index is -0.510. The first-order valence-corrected chi connectivity index (χ1v) is 11.5. The molecule has 3 N–H and O–H groups in total. The molecule has 2 amide bonds. The van der Waals surface area contributed by atoms with Crippen LogP contribution in [0, 0.1) is 0 Å². The van der Waals surface area contributed by atoms with Crippen molar-refractivity contribution in [2.45, 2.75) is 0 Å². The van der Waals surface area contributed by atoms with Crippen LogP contribution in [0.1, 0.15) is 0 Å². The number of para-hydroxylation sites is 1. The van der Waals surface area contributed by atoms with Gasteiger partial charge in [0, 0.05) is 4.47 Å². The molecule has 3 aromatic rings. The SMILES string of the molecule is O=C(COc1ccccc1Cl)NNC(=S)NC(=O)COc1ccc2cc(Br)ccc2c1Br. The summed E-state index contributed by atoms with van der Waals surface area (Å²) in [5, 5.41) is 4.68. The fourth-order valence-corrected chi connectivity index (χ4v) is 3.90. The van der Waals surface area contributed by atoms with Crippen molar-refractivity contribution < 1.29 is 19.1 Å². The molecule has 166 valence electrons. The molecule has 0 saturated carbocycles. The molecule has 0 aliphatic rings. The number of hydrogen-bond acceptors (Lipinski definition) is 5. The van der Waals surface area contributed by atoms with Crippen molar-refractivity contribution in [3.63, 3.8) is 0 Å². The Labute approximate surface area is 211 Å². The zero-order valence-corrected chi connectivity index (χ0v) is 21.0. The standard InChI is InChI=1S/C21H16Br2ClN3O4S/c22-13-6-7-14-12(9-13)5-8-17(20(14)23)31-10-18(28)25-21(32)27-26-19(29)11-30-16-4-2-1-3-15(16)24/h1-9H,10-11H2,(H,26,29)(H2,25,27,28,32). The average Bonchev–Trinajstić information content (AvgIpc) is 2.76. The van der Waals surface area contributed by atoms with E-state index in [1.54, 1.807) is 30.3 Å². The number of fused-ring (bicyclic) bond motifs is 1. The summed E-state index contributed by atoms with van der Waals surface area (Å²) in [4.78, 5) is 23.9. The van der Waals surface area contributed by atoms with Crippen LogP contribution < -0.4 is 25.6 Å². The van der Waals surface area contributed by atoms with Crippen LogP contribution in [-0.2, 0) is 9.59 Å². The first kappa shape index (κ1) is 24.2. The highest BCUT2D eigenvalue weighted by molar-refractivity contribution is 9.11. The van der Waals surface area contributed by atoms with Crippen LogP contribution in [0.4, 0.5) is 0 Å². The van der Waals surface area contributed by atoms with E-state index in [9.17, 15) is 9.59 Å². The van der Waals surface area contributed by atoms with Crippen molar-refractivity contribution in [3.8, 4) is 11.5 Å². The summed E-state index contributed by atoms with van der Waals surface area (Å²) >= 11 is 17.9. The van der Waals surface area contributed by atoms with E-state index in [4.69, 9.17) is 33.3 Å². The number of nitrogens with one attached hydrogen (secondary N) is 3. The summed E-state index contributed by atoms with van der Waals surface area (Å²) in [6.45, 7) is -0.561. The lowest BCUT2D eigenvalue weighted by atomic mass is 10.1. The maximum atomic E-state index is 12.1. The smallest absolute Gasteiger partial charge is 0.276 e. The Morgan fingerprint density at radius 3 is 2.41 bits per heavy atom. The molecule has 0 bridgehead atoms. The summed E-state index contributed by atoms with van der Waals surface area (Å²) in [6, 6.07) is 16.3. The molecule has 0 fully saturated rings. The number of benzene rings is 3. The summed E-state index contributed by atoms with van der Waals surface area (Å²) in [7, 11) is 0. The predicted octanol–water partition coefficient (Wildman–Crippen LogP) is 4.50. The van der Waals surface area contributed by atoms with E-state index in [0.717, 1.165) is 19.7 Å². The third-order valence-corrected chi connectivity index (χ3v) is 5.83. The van der Waals surface area contributed by atoms with Crippen molar-refractivity contribution >= 4 is 83.4 Å². The molecule has 0 radical (unpaired) electrons. The molecular weight excluding hydrogens is 586 g/mol. The van der Waals surface area contributed by atoms with Crippen LogP contribution in [0.25, 0.3) is 10.8 Å². The second kappa shape index (κ2) is 11.5. The van der Waals surface area contributed by atoms with Crippen LogP contribution >= 0.6 is 55.7 Å². The van der Waals surface area contributed by atoms with Gasteiger partial charge >= 0.3 is 0 Å². The first-order valence-electron chi connectivity index (χ1n) is 9.10. The van der Waals surface area contributed by atoms with E-state index in [1.807, 2.05) is 24.3 Å². The Hall–Kier alpha value is -2.40. The molecular formula is C21H16Br2ClN3O4S. The Balaban J connectivity index is 1.42. The molecule has 11 heteroatoms. The van der Waals surface area contributed by atoms with Gasteiger partial charge in [0.15, 0.2) is 18.3 Å². The van der Waals surface area contributed by atoms with Gasteiger partial charge in [-0.2, -0.15) is 0 Å². The molecule has 7 nitrogen and oxygen atoms in total. The molecule has 3 rings (SSSR count). The van der Waals surface area contributed by atoms with E-state index in [-0.39, 0.29) is 18.3 Å². The topological polar surface area (TPSA) is 88.7 Å². The van der Waals surface area contributed by atoms with Crippen LogP contribution in [0.3, 0.4) is 0 Å². The Kier molecular flexibility index (Phi) is 8.68. The van der Waals surface area contributed by atoms with Crippen molar-refractivity contribution in [1.29, 1.82) is 0 Å². The van der Waals surface area contributed by atoms with E-state index >= 15 is 0 Å². The maximum absolute atomic E-state index is 12.1. The average molecular weight is 602 g/mol. The van der Waals surface area contributed by atoms with Gasteiger partial charge in [0.1, 0.15) is 11.5 Å². The molecule has 0 aliphatic carbocycles. The number of halogens is 3. The van der Waals surface area contributed by atoms with E-state index in [0.29, 0.717) is 16.5 Å². The number of rotatable bonds is 6. The normalized spacial score (nSPS) is 10.3. The van der Waals surface area contributed by atoms with E-state index < -0.39 is 11.8 Å². The zero-order valence-electron chi connectivity index (χ0n) is 16.3. The molecule has 0 unspecified atom stereocenters. The van der Waals surface area contributed by atoms with Gasteiger partial charge in [0.2, 0.25) is 0 Å². The summed E-state index contributed by atoms with van der Waals surface area (Å²) < 4.78 is 12.6. The molecule has 0 aliphatic heterocycles. The summed E-state index contributed by atoms with van der Waals surface area (Å²) in [5.74, 6) is -0.111. The molecule has 0 saturated heterocycles. The Bertz CT molecular complexity index is 1180. The fourth-order valence-electron chi connectivity index (χ4n) is 2.56. The third-order valence-electron chi connectivity index (χ3n) is 4.00. The molecule has 3 aromatic carbocycles. The molecule has 0 spiro atoms. The summed E-state index contributed by atoms with van der Waals surface area (Å²) in [6.07, 6.45) is 0. The van der Waals surface area contributed by atoms with Gasteiger partial charge < -0.3 is 9.47 Å². The highest BCUT2D eigenvalue weighted by Gasteiger charge is 2.11. The van der Waals surface area contributed by atoms with Crippen LogP contribution in [0.2, 0.25) is 5.02 Å². The highest BCUT2D eigenvalue weighted by Crippen LogP contribution is 2.34. The lowest BCUT2D eigenvalue weighted by molar-refractivity contribution is -0.124. The Morgan fingerprint density at radius 2 is 1.62 bits per heavy atom. The van der Waals surface area contributed by atoms with Crippen molar-refractivity contribution in [1.82, 2.24) is 16.2 Å². The number of carbonyl (C=O) groups is 2. The molecule has 0 heterocycles. The van der Waals surface area contributed by atoms with Crippen LogP contribution in [0.15, 0.2) is 63.5 Å². The lowest BCUT2D eigenvalue weighted by Crippen LogP contribution is -2.50. The van der Waals surface area contributed by atoms with Crippen molar-refractivity contribution in [3.05, 3.63) is 68.6 Å². The van der Waals surface area contributed by atoms with Gasteiger partial charge in [-0.25, -0.2) is 0 Å². The highest BCUT2D eigenvalue weighted by atomic mass is 79.9. The Morgan fingerprint density at radius 1 is 0.906 bits per heavy atom. The number of carbonyl (C=O) groups excluding carboxylic acids is 2. The van der Waals surface area contributed by atoms with E-state index in [2.05, 4.69) is 48.0 Å². The minimum absolute atomic E-state index is 0.0906. The third kappa shape index (κ3) is 6.80. The van der Waals surface area contributed by atoms with Crippen molar-refractivity contribution in [2.24, 2.45) is 0 Å². The van der Waals surface area contributed by atoms with Gasteiger partial charge in [-0.05, 0) is 69.3 Å². The quantitative estimate of drug-likeness (QED) is 0.285. The van der Waals surface area contributed by atoms with Gasteiger partial charge in [0.25, 0.3) is 11.8 Å². The van der Waals surface area contributed by atoms with Gasteiger partial charge in [0.05, 0.1) is 9.50 Å². The molecule has 0 aromatic heterocycles. The summed E-state index contributed by atoms with van der Waals surface area (Å²) in [5.41, 5.74) is 4.74. The number of amides is 2. The van der Waals surface area contributed by atoms with Gasteiger partial charge in [-0.1, -0.05) is 51.8 Å². The number of thiocarbonyl (C=S) groups is 1. The second-order valence-corrected chi connectivity index (χ2v) is 8.83. The minimum Gasteiger partial charge on any atom is -0.483 e. The number of ether oxygens (including phenoxy) is 2. The zero-order chi connectivity index (χ0) is 23.1. The van der Waals surface area contributed by atoms with Crippen molar-refractivity contribution in [2.75, 3.05) is 13.2 Å². The molecule has 0 atom stereocenters. The van der Waals surface area contributed by atoms with E-state index in [1.165, 1.54) is 0 Å². The van der Waals surface area contributed by atoms with Crippen LogP contribution in [0.5, 0.6) is 11.5 Å². The second-order valence-electron chi connectivity index (χ2n) is 6.30. The monoisotopic (exact) mass is 599 g/mol. The van der Waals surface area contributed by atoms with Crippen LogP contribution in [-0.4, -0.2) is 30.1 Å². The molecule has 32 heavy (non-hydrogen) atoms. The predicted molar refractivity (Wildman–Crippen MR) is 134 cm³/mol. The maximum Gasteiger partial charge on any atom is 0.276 e. The lowest BCUT2D eigenvalue weighted by Gasteiger charge is -2.13. The largest absolute Gasteiger partial charge is 0.483 e. The number of hydrogen-bond donors (Lipinski definition) is 3. The van der Waals surface area contributed by atoms with Gasteiger partial charge in [-0.15, -0.1) is 0 Å². The first-order chi connectivity index (χ1) is 15.3. The fraction of sp³-hybridized carbons (Fsp3) is 0.0952. The number of hydrazine groups is 1. The van der Waals surface area contributed by atoms with Gasteiger partial charge in [-0.3, -0.25) is 25.8 Å².